The average Bonchev–Trinajstić information content (AvgIpc) is 2.63. The second-order valence-corrected chi connectivity index (χ2v) is 9.68. The Morgan fingerprint density at radius 3 is 2.14 bits per heavy atom. The van der Waals surface area contributed by atoms with Crippen molar-refractivity contribution in [2.45, 2.75) is 48.4 Å². The molecule has 8 heteroatoms. The first kappa shape index (κ1) is 16.7. The van der Waals surface area contributed by atoms with E-state index in [0.29, 0.717) is 6.54 Å². The Balaban J connectivity index is 2.35. The van der Waals surface area contributed by atoms with Gasteiger partial charge in [0.05, 0.1) is 9.79 Å². The van der Waals surface area contributed by atoms with Gasteiger partial charge in [0, 0.05) is 23.3 Å². The Hall–Kier alpha value is -0.630. The fourth-order valence-electron chi connectivity index (χ4n) is 2.52. The van der Waals surface area contributed by atoms with Crippen molar-refractivity contribution >= 4 is 29.8 Å². The van der Waals surface area contributed by atoms with Gasteiger partial charge in [0.25, 0.3) is 9.05 Å². The van der Waals surface area contributed by atoms with E-state index in [0.717, 1.165) is 25.7 Å². The van der Waals surface area contributed by atoms with Crippen molar-refractivity contribution < 1.29 is 16.8 Å². The van der Waals surface area contributed by atoms with Crippen LogP contribution in [0, 0.1) is 0 Å². The molecule has 2 rings (SSSR count). The molecule has 0 aromatic heterocycles. The molecule has 0 N–H and O–H groups in total. The van der Waals surface area contributed by atoms with Crippen LogP contribution in [0.5, 0.6) is 0 Å². The number of rotatable bonds is 3. The number of hydrogen-bond donors (Lipinski definition) is 0. The van der Waals surface area contributed by atoms with Gasteiger partial charge in [-0.25, -0.2) is 16.8 Å². The third kappa shape index (κ3) is 3.77. The van der Waals surface area contributed by atoms with E-state index in [1.165, 1.54) is 28.6 Å². The maximum atomic E-state index is 12.7. The maximum Gasteiger partial charge on any atom is 0.261 e. The van der Waals surface area contributed by atoms with E-state index in [4.69, 9.17) is 10.7 Å². The molecule has 0 spiro atoms. The van der Waals surface area contributed by atoms with E-state index in [2.05, 4.69) is 0 Å². The normalized spacial score (nSPS) is 21.9. The van der Waals surface area contributed by atoms with Crippen molar-refractivity contribution in [1.82, 2.24) is 4.31 Å². The van der Waals surface area contributed by atoms with Crippen molar-refractivity contribution in [2.75, 3.05) is 6.54 Å². The summed E-state index contributed by atoms with van der Waals surface area (Å²) in [5, 5.41) is 0. The minimum absolute atomic E-state index is 0.0473. The van der Waals surface area contributed by atoms with E-state index < -0.39 is 19.1 Å². The van der Waals surface area contributed by atoms with E-state index in [1.54, 1.807) is 0 Å². The van der Waals surface area contributed by atoms with Gasteiger partial charge < -0.3 is 0 Å². The molecule has 1 aromatic rings. The minimum Gasteiger partial charge on any atom is -0.207 e. The third-order valence-corrected chi connectivity index (χ3v) is 7.10. The molecule has 1 heterocycles. The molecule has 1 fully saturated rings. The fourth-order valence-corrected chi connectivity index (χ4v) is 4.98. The third-order valence-electron chi connectivity index (χ3n) is 3.70. The summed E-state index contributed by atoms with van der Waals surface area (Å²) in [4.78, 5) is -0.00709. The summed E-state index contributed by atoms with van der Waals surface area (Å²) in [5.41, 5.74) is 0. The zero-order chi connectivity index (χ0) is 15.7. The topological polar surface area (TPSA) is 71.5 Å². The molecule has 0 saturated carbocycles. The maximum absolute atomic E-state index is 12.7. The minimum atomic E-state index is -3.84. The molecule has 5 nitrogen and oxygen atoms in total. The first-order valence-electron chi connectivity index (χ1n) is 6.79. The zero-order valence-corrected chi connectivity index (χ0v) is 14.1. The number of halogens is 1. The summed E-state index contributed by atoms with van der Waals surface area (Å²) in [6.45, 7) is 2.40. The second kappa shape index (κ2) is 6.24. The monoisotopic (exact) mass is 351 g/mol. The van der Waals surface area contributed by atoms with E-state index in [9.17, 15) is 16.8 Å². The molecule has 0 radical (unpaired) electrons. The number of sulfonamides is 1. The van der Waals surface area contributed by atoms with Gasteiger partial charge in [0.2, 0.25) is 10.0 Å². The van der Waals surface area contributed by atoms with E-state index >= 15 is 0 Å². The van der Waals surface area contributed by atoms with Crippen LogP contribution in [-0.4, -0.2) is 33.7 Å². The highest BCUT2D eigenvalue weighted by Crippen LogP contribution is 2.25. The van der Waals surface area contributed by atoms with Crippen LogP contribution in [0.1, 0.15) is 32.6 Å². The van der Waals surface area contributed by atoms with Crippen LogP contribution in [0.2, 0.25) is 0 Å². The number of nitrogens with zero attached hydrogens (tertiary/aromatic N) is 1. The predicted octanol–water partition coefficient (Wildman–Crippen LogP) is 2.57. The Labute approximate surface area is 130 Å². The number of hydrogen-bond acceptors (Lipinski definition) is 4. The summed E-state index contributed by atoms with van der Waals surface area (Å²) >= 11 is 0. The summed E-state index contributed by atoms with van der Waals surface area (Å²) in [7, 11) is -2.21. The smallest absolute Gasteiger partial charge is 0.207 e. The molecule has 1 atom stereocenters. The summed E-state index contributed by atoms with van der Waals surface area (Å²) in [6, 6.07) is 4.98. The molecular weight excluding hydrogens is 334 g/mol. The van der Waals surface area contributed by atoms with Gasteiger partial charge in [-0.1, -0.05) is 12.8 Å². The Morgan fingerprint density at radius 1 is 1.00 bits per heavy atom. The predicted molar refractivity (Wildman–Crippen MR) is 81.3 cm³/mol. The summed E-state index contributed by atoms with van der Waals surface area (Å²) < 4.78 is 49.2. The molecule has 1 aliphatic heterocycles. The second-order valence-electron chi connectivity index (χ2n) is 5.22. The molecule has 1 aromatic carbocycles. The SMILES string of the molecule is CC1CCCCCN1S(=O)(=O)c1ccc(S(=O)(=O)Cl)cc1. The lowest BCUT2D eigenvalue weighted by molar-refractivity contribution is 0.342. The lowest BCUT2D eigenvalue weighted by atomic mass is 10.1. The lowest BCUT2D eigenvalue weighted by Gasteiger charge is -2.26. The van der Waals surface area contributed by atoms with Crippen LogP contribution < -0.4 is 0 Å². The highest BCUT2D eigenvalue weighted by molar-refractivity contribution is 8.13. The van der Waals surface area contributed by atoms with E-state index in [1.807, 2.05) is 6.92 Å². The van der Waals surface area contributed by atoms with Crippen LogP contribution >= 0.6 is 10.7 Å². The number of benzene rings is 1. The van der Waals surface area contributed by atoms with Gasteiger partial charge >= 0.3 is 0 Å². The molecule has 118 valence electrons. The summed E-state index contributed by atoms with van der Waals surface area (Å²) in [6.07, 6.45) is 3.74. The van der Waals surface area contributed by atoms with Crippen molar-refractivity contribution in [3.63, 3.8) is 0 Å². The Bertz CT molecular complexity index is 698. The van der Waals surface area contributed by atoms with Crippen LogP contribution in [0.25, 0.3) is 0 Å². The quantitative estimate of drug-likeness (QED) is 0.784. The standard InChI is InChI=1S/C13H18ClNO4S2/c1-11-5-3-2-4-10-15(11)21(18,19)13-8-6-12(7-9-13)20(14,16)17/h6-9,11H,2-5,10H2,1H3. The first-order chi connectivity index (χ1) is 9.73. The lowest BCUT2D eigenvalue weighted by Crippen LogP contribution is -2.38. The molecule has 0 bridgehead atoms. The molecular formula is C13H18ClNO4S2. The van der Waals surface area contributed by atoms with Gasteiger partial charge in [-0.15, -0.1) is 0 Å². The highest BCUT2D eigenvalue weighted by atomic mass is 35.7. The molecule has 21 heavy (non-hydrogen) atoms. The van der Waals surface area contributed by atoms with Crippen LogP contribution in [0.15, 0.2) is 34.1 Å². The van der Waals surface area contributed by atoms with Crippen LogP contribution in [-0.2, 0) is 19.1 Å². The van der Waals surface area contributed by atoms with Gasteiger partial charge in [-0.05, 0) is 44.0 Å². The van der Waals surface area contributed by atoms with Crippen LogP contribution in [0.4, 0.5) is 0 Å². The molecule has 1 unspecified atom stereocenters. The van der Waals surface area contributed by atoms with Crippen molar-refractivity contribution in [1.29, 1.82) is 0 Å². The zero-order valence-electron chi connectivity index (χ0n) is 11.7. The summed E-state index contributed by atoms with van der Waals surface area (Å²) in [5.74, 6) is 0. The Morgan fingerprint density at radius 2 is 1.57 bits per heavy atom. The average molecular weight is 352 g/mol. The van der Waals surface area contributed by atoms with Crippen molar-refractivity contribution in [3.8, 4) is 0 Å². The molecule has 1 saturated heterocycles. The van der Waals surface area contributed by atoms with Crippen molar-refractivity contribution in [3.05, 3.63) is 24.3 Å². The van der Waals surface area contributed by atoms with Gasteiger partial charge in [0.1, 0.15) is 0 Å². The van der Waals surface area contributed by atoms with Gasteiger partial charge in [0.15, 0.2) is 0 Å². The largest absolute Gasteiger partial charge is 0.261 e. The highest BCUT2D eigenvalue weighted by Gasteiger charge is 2.30. The Kier molecular flexibility index (Phi) is 4.97. The van der Waals surface area contributed by atoms with Gasteiger partial charge in [-0.2, -0.15) is 4.31 Å². The van der Waals surface area contributed by atoms with Gasteiger partial charge in [-0.3, -0.25) is 0 Å². The first-order valence-corrected chi connectivity index (χ1v) is 10.5. The fraction of sp³-hybridized carbons (Fsp3) is 0.538. The van der Waals surface area contributed by atoms with E-state index in [-0.39, 0.29) is 15.8 Å². The molecule has 1 aliphatic rings. The molecule has 0 amide bonds. The van der Waals surface area contributed by atoms with Crippen LogP contribution in [0.3, 0.4) is 0 Å². The van der Waals surface area contributed by atoms with Crippen molar-refractivity contribution in [2.24, 2.45) is 0 Å². The molecule has 0 aliphatic carbocycles.